The number of sulfonamides is 1. The third-order valence-electron chi connectivity index (χ3n) is 5.29. The van der Waals surface area contributed by atoms with E-state index in [4.69, 9.17) is 0 Å². The van der Waals surface area contributed by atoms with Crippen LogP contribution in [0.2, 0.25) is 0 Å². The van der Waals surface area contributed by atoms with Crippen molar-refractivity contribution in [3.8, 4) is 0 Å². The quantitative estimate of drug-likeness (QED) is 0.841. The lowest BCUT2D eigenvalue weighted by atomic mass is 9.95. The molecule has 0 bridgehead atoms. The molecule has 0 aromatic heterocycles. The van der Waals surface area contributed by atoms with E-state index in [-0.39, 0.29) is 28.4 Å². The summed E-state index contributed by atoms with van der Waals surface area (Å²) < 4.78 is 28.5. The van der Waals surface area contributed by atoms with Gasteiger partial charge in [-0.25, -0.2) is 13.1 Å². The fourth-order valence-electron chi connectivity index (χ4n) is 3.90. The van der Waals surface area contributed by atoms with Gasteiger partial charge in [-0.05, 0) is 37.8 Å². The molecule has 1 amide bonds. The van der Waals surface area contributed by atoms with Gasteiger partial charge in [-0.15, -0.1) is 0 Å². The molecule has 25 heavy (non-hydrogen) atoms. The van der Waals surface area contributed by atoms with E-state index in [1.807, 2.05) is 0 Å². The van der Waals surface area contributed by atoms with Crippen LogP contribution in [0.3, 0.4) is 0 Å². The van der Waals surface area contributed by atoms with Crippen molar-refractivity contribution in [3.05, 3.63) is 29.8 Å². The lowest BCUT2D eigenvalue weighted by Crippen LogP contribution is -2.39. The number of hydrogen-bond acceptors (Lipinski definition) is 3. The first kappa shape index (κ1) is 18.4. The molecule has 2 saturated carbocycles. The maximum absolute atomic E-state index is 12.8. The van der Waals surface area contributed by atoms with E-state index in [0.29, 0.717) is 0 Å². The standard InChI is InChI=1S/C19H28N2O3S/c22-19(20-15-9-3-1-4-10-15)17-13-7-8-14-18(17)25(23,24)21-16-11-5-2-6-12-16/h7-8,13-16,21H,1-6,9-12H2,(H,20,22). The molecule has 3 rings (SSSR count). The molecule has 0 saturated heterocycles. The predicted molar refractivity (Wildman–Crippen MR) is 98.0 cm³/mol. The Labute approximate surface area is 150 Å². The van der Waals surface area contributed by atoms with Crippen molar-refractivity contribution in [2.24, 2.45) is 0 Å². The van der Waals surface area contributed by atoms with Crippen molar-refractivity contribution in [3.63, 3.8) is 0 Å². The number of benzene rings is 1. The Morgan fingerprint density at radius 1 is 0.840 bits per heavy atom. The minimum absolute atomic E-state index is 0.0202. The van der Waals surface area contributed by atoms with Crippen LogP contribution in [0.4, 0.5) is 0 Å². The van der Waals surface area contributed by atoms with Crippen molar-refractivity contribution >= 4 is 15.9 Å². The van der Waals surface area contributed by atoms with Crippen LogP contribution in [0.25, 0.3) is 0 Å². The molecule has 0 radical (unpaired) electrons. The van der Waals surface area contributed by atoms with Gasteiger partial charge in [0, 0.05) is 12.1 Å². The molecule has 6 heteroatoms. The average molecular weight is 365 g/mol. The van der Waals surface area contributed by atoms with Gasteiger partial charge in [0.05, 0.1) is 10.5 Å². The van der Waals surface area contributed by atoms with E-state index in [1.54, 1.807) is 18.2 Å². The van der Waals surface area contributed by atoms with Crippen LogP contribution >= 0.6 is 0 Å². The highest BCUT2D eigenvalue weighted by atomic mass is 32.2. The summed E-state index contributed by atoms with van der Waals surface area (Å²) in [5.74, 6) is -0.281. The molecule has 0 unspecified atom stereocenters. The van der Waals surface area contributed by atoms with Crippen LogP contribution in [-0.2, 0) is 10.0 Å². The van der Waals surface area contributed by atoms with Gasteiger partial charge in [0.15, 0.2) is 0 Å². The Bertz CT molecular complexity index is 690. The van der Waals surface area contributed by atoms with Crippen molar-refractivity contribution in [2.75, 3.05) is 0 Å². The van der Waals surface area contributed by atoms with Gasteiger partial charge < -0.3 is 5.32 Å². The minimum atomic E-state index is -3.69. The van der Waals surface area contributed by atoms with E-state index >= 15 is 0 Å². The van der Waals surface area contributed by atoms with E-state index in [0.717, 1.165) is 51.4 Å². The molecule has 2 aliphatic rings. The summed E-state index contributed by atoms with van der Waals surface area (Å²) in [7, 11) is -3.69. The third-order valence-corrected chi connectivity index (χ3v) is 6.87. The van der Waals surface area contributed by atoms with Crippen LogP contribution in [0.5, 0.6) is 0 Å². The molecule has 138 valence electrons. The topological polar surface area (TPSA) is 75.3 Å². The molecule has 0 heterocycles. The van der Waals surface area contributed by atoms with Crippen molar-refractivity contribution in [1.82, 2.24) is 10.0 Å². The summed E-state index contributed by atoms with van der Waals surface area (Å²) in [6, 6.07) is 6.66. The highest BCUT2D eigenvalue weighted by Crippen LogP contribution is 2.23. The molecule has 0 spiro atoms. The van der Waals surface area contributed by atoms with Crippen molar-refractivity contribution in [2.45, 2.75) is 81.2 Å². The van der Waals surface area contributed by atoms with Crippen LogP contribution in [0, 0.1) is 0 Å². The summed E-state index contributed by atoms with van der Waals surface area (Å²) in [5, 5.41) is 3.02. The highest BCUT2D eigenvalue weighted by molar-refractivity contribution is 7.89. The SMILES string of the molecule is O=C(NC1CCCCC1)c1ccccc1S(=O)(=O)NC1CCCCC1. The molecule has 5 nitrogen and oxygen atoms in total. The van der Waals surface area contributed by atoms with E-state index in [2.05, 4.69) is 10.0 Å². The number of nitrogens with one attached hydrogen (secondary N) is 2. The second kappa shape index (κ2) is 8.32. The normalized spacial score (nSPS) is 20.3. The number of carbonyl (C=O) groups excluding carboxylic acids is 1. The molecule has 1 aromatic carbocycles. The van der Waals surface area contributed by atoms with Gasteiger partial charge in [0.1, 0.15) is 0 Å². The second-order valence-corrected chi connectivity index (χ2v) is 8.94. The van der Waals surface area contributed by atoms with Gasteiger partial charge in [-0.3, -0.25) is 4.79 Å². The summed E-state index contributed by atoms with van der Waals surface area (Å²) in [4.78, 5) is 12.8. The second-order valence-electron chi connectivity index (χ2n) is 7.26. The fraction of sp³-hybridized carbons (Fsp3) is 0.632. The first-order valence-corrected chi connectivity index (χ1v) is 11.0. The van der Waals surface area contributed by atoms with Gasteiger partial charge in [-0.1, -0.05) is 50.7 Å². The summed E-state index contributed by atoms with van der Waals surface area (Å²) in [6.45, 7) is 0. The number of amides is 1. The predicted octanol–water partition coefficient (Wildman–Crippen LogP) is 3.36. The van der Waals surface area contributed by atoms with Crippen LogP contribution in [0.15, 0.2) is 29.2 Å². The van der Waals surface area contributed by atoms with E-state index in [9.17, 15) is 13.2 Å². The van der Waals surface area contributed by atoms with Gasteiger partial charge >= 0.3 is 0 Å². The third kappa shape index (κ3) is 4.82. The fourth-order valence-corrected chi connectivity index (χ4v) is 5.41. The Hall–Kier alpha value is -1.40. The lowest BCUT2D eigenvalue weighted by Gasteiger charge is -2.24. The largest absolute Gasteiger partial charge is 0.349 e. The first-order chi connectivity index (χ1) is 12.1. The highest BCUT2D eigenvalue weighted by Gasteiger charge is 2.27. The minimum Gasteiger partial charge on any atom is -0.349 e. The maximum atomic E-state index is 12.8. The molecular weight excluding hydrogens is 336 g/mol. The molecule has 2 N–H and O–H groups in total. The Kier molecular flexibility index (Phi) is 6.12. The van der Waals surface area contributed by atoms with Crippen molar-refractivity contribution in [1.29, 1.82) is 0 Å². The average Bonchev–Trinajstić information content (AvgIpc) is 2.63. The molecule has 0 atom stereocenters. The van der Waals surface area contributed by atoms with Crippen LogP contribution < -0.4 is 10.0 Å². The number of carbonyl (C=O) groups is 1. The Morgan fingerprint density at radius 2 is 1.40 bits per heavy atom. The molecular formula is C19H28N2O3S. The van der Waals surface area contributed by atoms with E-state index < -0.39 is 10.0 Å². The molecule has 1 aromatic rings. The van der Waals surface area contributed by atoms with Gasteiger partial charge in [-0.2, -0.15) is 0 Å². The summed E-state index contributed by atoms with van der Waals surface area (Å²) in [5.41, 5.74) is 0.247. The van der Waals surface area contributed by atoms with Gasteiger partial charge in [0.25, 0.3) is 5.91 Å². The zero-order valence-electron chi connectivity index (χ0n) is 14.7. The maximum Gasteiger partial charge on any atom is 0.252 e. The lowest BCUT2D eigenvalue weighted by molar-refractivity contribution is 0.0924. The summed E-state index contributed by atoms with van der Waals surface area (Å²) >= 11 is 0. The monoisotopic (exact) mass is 364 g/mol. The Morgan fingerprint density at radius 3 is 2.04 bits per heavy atom. The van der Waals surface area contributed by atoms with Crippen LogP contribution in [-0.4, -0.2) is 26.4 Å². The Balaban J connectivity index is 1.75. The van der Waals surface area contributed by atoms with Crippen LogP contribution in [0.1, 0.15) is 74.6 Å². The molecule has 0 aliphatic heterocycles. The number of hydrogen-bond donors (Lipinski definition) is 2. The molecule has 2 fully saturated rings. The smallest absolute Gasteiger partial charge is 0.252 e. The van der Waals surface area contributed by atoms with E-state index in [1.165, 1.54) is 18.9 Å². The number of rotatable bonds is 5. The zero-order valence-corrected chi connectivity index (χ0v) is 15.5. The van der Waals surface area contributed by atoms with Crippen molar-refractivity contribution < 1.29 is 13.2 Å². The summed E-state index contributed by atoms with van der Waals surface area (Å²) in [6.07, 6.45) is 10.4. The van der Waals surface area contributed by atoms with Gasteiger partial charge in [0.2, 0.25) is 10.0 Å². The molecule has 2 aliphatic carbocycles. The first-order valence-electron chi connectivity index (χ1n) is 9.48. The zero-order chi connectivity index (χ0) is 17.7.